The van der Waals surface area contributed by atoms with E-state index in [9.17, 15) is 0 Å². The molecule has 0 saturated carbocycles. The highest BCUT2D eigenvalue weighted by atomic mass is 16.5. The van der Waals surface area contributed by atoms with Gasteiger partial charge in [-0.1, -0.05) is 26.8 Å². The van der Waals surface area contributed by atoms with E-state index in [1.807, 2.05) is 10.5 Å². The molecule has 0 aliphatic rings. The second kappa shape index (κ2) is 3.26. The largest absolute Gasteiger partial charge is 0.481 e. The Kier molecular flexibility index (Phi) is 2.18. The third-order valence-corrected chi connectivity index (χ3v) is 2.55. The summed E-state index contributed by atoms with van der Waals surface area (Å²) in [6.07, 6.45) is 3.82. The minimum Gasteiger partial charge on any atom is -0.481 e. The van der Waals surface area contributed by atoms with Crippen LogP contribution in [0.4, 0.5) is 0 Å². The first kappa shape index (κ1) is 10.0. The van der Waals surface area contributed by atoms with E-state index in [4.69, 9.17) is 4.74 Å². The molecule has 0 saturated heterocycles. The van der Waals surface area contributed by atoms with Crippen LogP contribution in [0.25, 0.3) is 5.65 Å². The molecule has 3 nitrogen and oxygen atoms in total. The van der Waals surface area contributed by atoms with Gasteiger partial charge >= 0.3 is 0 Å². The van der Waals surface area contributed by atoms with Crippen molar-refractivity contribution >= 4 is 5.65 Å². The van der Waals surface area contributed by atoms with Gasteiger partial charge in [-0.05, 0) is 17.0 Å². The van der Waals surface area contributed by atoms with Gasteiger partial charge in [-0.25, -0.2) is 4.98 Å². The minimum absolute atomic E-state index is 0.142. The Balaban J connectivity index is 2.63. The number of fused-ring (bicyclic) bond motifs is 1. The summed E-state index contributed by atoms with van der Waals surface area (Å²) in [5.74, 6) is 0.774. The van der Waals surface area contributed by atoms with E-state index in [1.54, 1.807) is 13.3 Å². The van der Waals surface area contributed by atoms with Crippen molar-refractivity contribution in [2.75, 3.05) is 7.11 Å². The Morgan fingerprint density at radius 2 is 2.00 bits per heavy atom. The van der Waals surface area contributed by atoms with Gasteiger partial charge in [-0.2, -0.15) is 0 Å². The number of ether oxygens (including phenoxy) is 1. The zero-order chi connectivity index (χ0) is 11.1. The van der Waals surface area contributed by atoms with E-state index in [1.165, 1.54) is 5.56 Å². The van der Waals surface area contributed by atoms with Crippen LogP contribution in [-0.4, -0.2) is 16.5 Å². The van der Waals surface area contributed by atoms with Crippen molar-refractivity contribution < 1.29 is 4.74 Å². The standard InChI is InChI=1S/C12H16N2O/c1-12(2,3)9-5-6-10-13-7-11(15-4)14(10)8-9/h5-8H,1-4H3. The lowest BCUT2D eigenvalue weighted by Crippen LogP contribution is -2.11. The van der Waals surface area contributed by atoms with Crippen molar-refractivity contribution in [1.29, 1.82) is 0 Å². The Bertz CT molecular complexity index is 480. The van der Waals surface area contributed by atoms with Gasteiger partial charge < -0.3 is 4.74 Å². The summed E-state index contributed by atoms with van der Waals surface area (Å²) in [5.41, 5.74) is 2.33. The minimum atomic E-state index is 0.142. The molecule has 15 heavy (non-hydrogen) atoms. The van der Waals surface area contributed by atoms with Gasteiger partial charge in [-0.3, -0.25) is 4.40 Å². The first-order chi connectivity index (χ1) is 7.02. The van der Waals surface area contributed by atoms with Gasteiger partial charge in [0.2, 0.25) is 5.88 Å². The van der Waals surface area contributed by atoms with Crippen molar-refractivity contribution in [2.24, 2.45) is 0 Å². The van der Waals surface area contributed by atoms with Crippen LogP contribution in [0.5, 0.6) is 5.88 Å². The number of methoxy groups -OCH3 is 1. The second-order valence-corrected chi connectivity index (χ2v) is 4.70. The summed E-state index contributed by atoms with van der Waals surface area (Å²) in [4.78, 5) is 4.25. The quantitative estimate of drug-likeness (QED) is 0.714. The summed E-state index contributed by atoms with van der Waals surface area (Å²) in [6, 6.07) is 4.13. The Labute approximate surface area is 89.7 Å². The molecule has 0 aromatic carbocycles. The number of nitrogens with zero attached hydrogens (tertiary/aromatic N) is 2. The van der Waals surface area contributed by atoms with Crippen LogP contribution < -0.4 is 4.74 Å². The van der Waals surface area contributed by atoms with Gasteiger partial charge in [0.15, 0.2) is 0 Å². The molecule has 2 rings (SSSR count). The smallest absolute Gasteiger partial charge is 0.218 e. The van der Waals surface area contributed by atoms with Gasteiger partial charge in [0.1, 0.15) is 5.65 Å². The number of hydrogen-bond donors (Lipinski definition) is 0. The van der Waals surface area contributed by atoms with E-state index in [2.05, 4.69) is 38.0 Å². The van der Waals surface area contributed by atoms with Crippen molar-refractivity contribution in [2.45, 2.75) is 26.2 Å². The number of hydrogen-bond acceptors (Lipinski definition) is 2. The van der Waals surface area contributed by atoms with Crippen LogP contribution in [0.1, 0.15) is 26.3 Å². The molecule has 2 aromatic heterocycles. The molecule has 3 heteroatoms. The normalized spacial score (nSPS) is 12.0. The molecule has 0 spiro atoms. The first-order valence-corrected chi connectivity index (χ1v) is 5.04. The van der Waals surface area contributed by atoms with Crippen molar-refractivity contribution in [3.05, 3.63) is 30.1 Å². The lowest BCUT2D eigenvalue weighted by Gasteiger charge is -2.19. The van der Waals surface area contributed by atoms with E-state index in [-0.39, 0.29) is 5.41 Å². The molecule has 0 bridgehead atoms. The third-order valence-electron chi connectivity index (χ3n) is 2.55. The maximum Gasteiger partial charge on any atom is 0.218 e. The molecular weight excluding hydrogens is 188 g/mol. The molecule has 0 radical (unpaired) electrons. The van der Waals surface area contributed by atoms with Crippen LogP contribution in [0.15, 0.2) is 24.5 Å². The highest BCUT2D eigenvalue weighted by Crippen LogP contribution is 2.24. The van der Waals surface area contributed by atoms with Crippen molar-refractivity contribution in [3.63, 3.8) is 0 Å². The molecule has 0 aliphatic heterocycles. The highest BCUT2D eigenvalue weighted by Gasteiger charge is 2.15. The lowest BCUT2D eigenvalue weighted by atomic mass is 9.88. The van der Waals surface area contributed by atoms with Gasteiger partial charge in [0, 0.05) is 6.20 Å². The van der Waals surface area contributed by atoms with Gasteiger partial charge in [0.05, 0.1) is 13.3 Å². The molecule has 0 atom stereocenters. The predicted octanol–water partition coefficient (Wildman–Crippen LogP) is 2.64. The van der Waals surface area contributed by atoms with Crippen LogP contribution >= 0.6 is 0 Å². The van der Waals surface area contributed by atoms with E-state index < -0.39 is 0 Å². The van der Waals surface area contributed by atoms with E-state index in [0.717, 1.165) is 11.5 Å². The third kappa shape index (κ3) is 1.69. The SMILES string of the molecule is COc1cnc2ccc(C(C)(C)C)cn12. The summed E-state index contributed by atoms with van der Waals surface area (Å²) < 4.78 is 7.21. The Morgan fingerprint density at radius 1 is 1.27 bits per heavy atom. The number of aromatic nitrogens is 2. The summed E-state index contributed by atoms with van der Waals surface area (Å²) in [5, 5.41) is 0. The lowest BCUT2D eigenvalue weighted by molar-refractivity contribution is 0.393. The Hall–Kier alpha value is -1.51. The molecule has 2 heterocycles. The van der Waals surface area contributed by atoms with Crippen LogP contribution in [0.2, 0.25) is 0 Å². The summed E-state index contributed by atoms with van der Waals surface area (Å²) in [7, 11) is 1.66. The topological polar surface area (TPSA) is 26.5 Å². The molecular formula is C12H16N2O. The fourth-order valence-electron chi connectivity index (χ4n) is 1.55. The van der Waals surface area contributed by atoms with Crippen molar-refractivity contribution in [3.8, 4) is 5.88 Å². The maximum absolute atomic E-state index is 5.24. The van der Waals surface area contributed by atoms with Crippen LogP contribution in [0, 0.1) is 0 Å². The number of rotatable bonds is 1. The zero-order valence-electron chi connectivity index (χ0n) is 9.61. The Morgan fingerprint density at radius 3 is 2.60 bits per heavy atom. The zero-order valence-corrected chi connectivity index (χ0v) is 9.61. The fraction of sp³-hybridized carbons (Fsp3) is 0.417. The van der Waals surface area contributed by atoms with Gasteiger partial charge in [-0.15, -0.1) is 0 Å². The molecule has 0 fully saturated rings. The van der Waals surface area contributed by atoms with Gasteiger partial charge in [0.25, 0.3) is 0 Å². The van der Waals surface area contributed by atoms with E-state index >= 15 is 0 Å². The average Bonchev–Trinajstić information content (AvgIpc) is 2.57. The monoisotopic (exact) mass is 204 g/mol. The fourth-order valence-corrected chi connectivity index (χ4v) is 1.55. The first-order valence-electron chi connectivity index (χ1n) is 5.04. The summed E-state index contributed by atoms with van der Waals surface area (Å²) in [6.45, 7) is 6.58. The number of imidazole rings is 1. The van der Waals surface area contributed by atoms with Crippen molar-refractivity contribution in [1.82, 2.24) is 9.38 Å². The number of pyridine rings is 1. The maximum atomic E-state index is 5.24. The molecule has 0 N–H and O–H groups in total. The molecule has 80 valence electrons. The predicted molar refractivity (Wildman–Crippen MR) is 60.4 cm³/mol. The second-order valence-electron chi connectivity index (χ2n) is 4.70. The average molecular weight is 204 g/mol. The molecule has 0 unspecified atom stereocenters. The van der Waals surface area contributed by atoms with Crippen LogP contribution in [-0.2, 0) is 5.41 Å². The molecule has 2 aromatic rings. The molecule has 0 amide bonds. The summed E-state index contributed by atoms with van der Waals surface area (Å²) >= 11 is 0. The highest BCUT2D eigenvalue weighted by molar-refractivity contribution is 5.44. The van der Waals surface area contributed by atoms with E-state index in [0.29, 0.717) is 0 Å². The van der Waals surface area contributed by atoms with Crippen LogP contribution in [0.3, 0.4) is 0 Å². The molecule has 0 aliphatic carbocycles.